The molecule has 0 radical (unpaired) electrons. The van der Waals surface area contributed by atoms with E-state index in [9.17, 15) is 4.79 Å². The van der Waals surface area contributed by atoms with E-state index in [4.69, 9.17) is 4.74 Å². The Hall–Kier alpha value is -2.80. The van der Waals surface area contributed by atoms with E-state index in [1.54, 1.807) is 13.4 Å². The third-order valence-electron chi connectivity index (χ3n) is 4.14. The van der Waals surface area contributed by atoms with Gasteiger partial charge < -0.3 is 10.1 Å². The van der Waals surface area contributed by atoms with E-state index in [-0.39, 0.29) is 11.7 Å². The lowest BCUT2D eigenvalue weighted by molar-refractivity contribution is -0.113. The number of thioether (sulfide) groups is 1. The number of hydrogen-bond donors (Lipinski definition) is 1. The van der Waals surface area contributed by atoms with E-state index in [1.807, 2.05) is 49.6 Å². The molecule has 3 rings (SSSR count). The van der Waals surface area contributed by atoms with E-state index >= 15 is 0 Å². The summed E-state index contributed by atoms with van der Waals surface area (Å²) in [6.07, 6.45) is 1.64. The number of anilines is 1. The van der Waals surface area contributed by atoms with Crippen molar-refractivity contribution in [1.82, 2.24) is 14.8 Å². The quantitative estimate of drug-likeness (QED) is 0.654. The van der Waals surface area contributed by atoms with Crippen molar-refractivity contribution < 1.29 is 9.53 Å². The number of rotatable bonds is 6. The highest BCUT2D eigenvalue weighted by Gasteiger charge is 2.12. The lowest BCUT2D eigenvalue weighted by Crippen LogP contribution is -2.16. The molecule has 0 fully saturated rings. The number of aryl methyl sites for hydroxylation is 3. The highest BCUT2D eigenvalue weighted by atomic mass is 32.2. The Morgan fingerprint density at radius 1 is 1.15 bits per heavy atom. The number of hydrogen-bond acceptors (Lipinski definition) is 5. The first-order chi connectivity index (χ1) is 13.0. The Morgan fingerprint density at radius 3 is 2.44 bits per heavy atom. The van der Waals surface area contributed by atoms with Crippen LogP contribution in [-0.2, 0) is 4.79 Å². The second kappa shape index (κ2) is 8.26. The monoisotopic (exact) mass is 382 g/mol. The van der Waals surface area contributed by atoms with Gasteiger partial charge in [0.1, 0.15) is 12.1 Å². The average molecular weight is 382 g/mol. The molecule has 0 atom stereocenters. The normalized spacial score (nSPS) is 10.7. The summed E-state index contributed by atoms with van der Waals surface area (Å²) in [6.45, 7) is 6.06. The molecule has 1 aromatic heterocycles. The number of benzene rings is 2. The minimum atomic E-state index is -0.0701. The molecular formula is C20H22N4O2S. The summed E-state index contributed by atoms with van der Waals surface area (Å²) >= 11 is 1.35. The minimum absolute atomic E-state index is 0.0701. The van der Waals surface area contributed by atoms with Crippen LogP contribution in [0, 0.1) is 20.8 Å². The smallest absolute Gasteiger partial charge is 0.234 e. The molecule has 1 N–H and O–H groups in total. The highest BCUT2D eigenvalue weighted by Crippen LogP contribution is 2.24. The Labute approximate surface area is 163 Å². The molecule has 140 valence electrons. The number of methoxy groups -OCH3 is 1. The van der Waals surface area contributed by atoms with Crippen LogP contribution in [0.3, 0.4) is 0 Å². The van der Waals surface area contributed by atoms with E-state index in [1.165, 1.54) is 17.3 Å². The van der Waals surface area contributed by atoms with Crippen molar-refractivity contribution in [3.8, 4) is 11.4 Å². The number of nitrogens with zero attached hydrogens (tertiary/aromatic N) is 3. The molecule has 0 saturated carbocycles. The zero-order valence-electron chi connectivity index (χ0n) is 15.8. The van der Waals surface area contributed by atoms with Gasteiger partial charge in [0, 0.05) is 11.4 Å². The van der Waals surface area contributed by atoms with Gasteiger partial charge >= 0.3 is 0 Å². The maximum Gasteiger partial charge on any atom is 0.234 e. The molecule has 0 aliphatic heterocycles. The third kappa shape index (κ3) is 4.49. The molecule has 1 heterocycles. The number of carbonyl (C=O) groups excluding carboxylic acids is 1. The fourth-order valence-electron chi connectivity index (χ4n) is 2.93. The van der Waals surface area contributed by atoms with Gasteiger partial charge in [-0.2, -0.15) is 0 Å². The van der Waals surface area contributed by atoms with Crippen molar-refractivity contribution in [2.24, 2.45) is 0 Å². The SMILES string of the molecule is COc1ccc(-n2cnnc2SCC(=O)Nc2c(C)cc(C)cc2C)cc1. The van der Waals surface area contributed by atoms with Gasteiger partial charge in [0.25, 0.3) is 0 Å². The van der Waals surface area contributed by atoms with Crippen molar-refractivity contribution in [2.45, 2.75) is 25.9 Å². The molecule has 2 aromatic carbocycles. The van der Waals surface area contributed by atoms with Crippen LogP contribution in [0.15, 0.2) is 47.9 Å². The zero-order chi connectivity index (χ0) is 19.4. The fraction of sp³-hybridized carbons (Fsp3) is 0.250. The van der Waals surface area contributed by atoms with Gasteiger partial charge in [0.15, 0.2) is 5.16 Å². The predicted octanol–water partition coefficient (Wildman–Crippen LogP) is 3.93. The molecule has 27 heavy (non-hydrogen) atoms. The van der Waals surface area contributed by atoms with Gasteiger partial charge in [-0.05, 0) is 56.2 Å². The van der Waals surface area contributed by atoms with Crippen LogP contribution in [0.4, 0.5) is 5.69 Å². The summed E-state index contributed by atoms with van der Waals surface area (Å²) in [5.74, 6) is 0.963. The van der Waals surface area contributed by atoms with Crippen LogP contribution >= 0.6 is 11.8 Å². The number of ether oxygens (including phenoxy) is 1. The summed E-state index contributed by atoms with van der Waals surface area (Å²) in [4.78, 5) is 12.4. The summed E-state index contributed by atoms with van der Waals surface area (Å²) in [6, 6.07) is 11.7. The number of aromatic nitrogens is 3. The second-order valence-corrected chi connectivity index (χ2v) is 7.23. The second-order valence-electron chi connectivity index (χ2n) is 6.29. The topological polar surface area (TPSA) is 69.0 Å². The number of nitrogens with one attached hydrogen (secondary N) is 1. The molecule has 1 amide bonds. The maximum absolute atomic E-state index is 12.4. The first-order valence-electron chi connectivity index (χ1n) is 8.53. The summed E-state index contributed by atoms with van der Waals surface area (Å²) in [5, 5.41) is 11.8. The van der Waals surface area contributed by atoms with Crippen molar-refractivity contribution in [3.05, 3.63) is 59.4 Å². The van der Waals surface area contributed by atoms with Gasteiger partial charge in [-0.25, -0.2) is 0 Å². The lowest BCUT2D eigenvalue weighted by Gasteiger charge is -2.13. The zero-order valence-corrected chi connectivity index (χ0v) is 16.6. The molecule has 6 nitrogen and oxygen atoms in total. The Balaban J connectivity index is 1.67. The molecule has 3 aromatic rings. The molecular weight excluding hydrogens is 360 g/mol. The molecule has 0 saturated heterocycles. The van der Waals surface area contributed by atoms with Crippen molar-refractivity contribution >= 4 is 23.4 Å². The van der Waals surface area contributed by atoms with Crippen LogP contribution in [0.2, 0.25) is 0 Å². The third-order valence-corrected chi connectivity index (χ3v) is 5.08. The molecule has 0 aliphatic carbocycles. The molecule has 0 aliphatic rings. The first-order valence-corrected chi connectivity index (χ1v) is 9.51. The minimum Gasteiger partial charge on any atom is -0.497 e. The van der Waals surface area contributed by atoms with Crippen LogP contribution in [0.1, 0.15) is 16.7 Å². The molecule has 7 heteroatoms. The largest absolute Gasteiger partial charge is 0.497 e. The first kappa shape index (κ1) is 19.0. The van der Waals surface area contributed by atoms with Crippen molar-refractivity contribution in [1.29, 1.82) is 0 Å². The van der Waals surface area contributed by atoms with Crippen molar-refractivity contribution in [2.75, 3.05) is 18.2 Å². The Morgan fingerprint density at radius 2 is 1.81 bits per heavy atom. The van der Waals surface area contributed by atoms with Gasteiger partial charge in [0.05, 0.1) is 12.9 Å². The van der Waals surface area contributed by atoms with E-state index in [0.717, 1.165) is 28.3 Å². The van der Waals surface area contributed by atoms with E-state index in [2.05, 4.69) is 27.6 Å². The Bertz CT molecular complexity index is 928. The van der Waals surface area contributed by atoms with Crippen LogP contribution in [0.5, 0.6) is 5.75 Å². The van der Waals surface area contributed by atoms with Crippen LogP contribution in [0.25, 0.3) is 5.69 Å². The fourth-order valence-corrected chi connectivity index (χ4v) is 3.65. The van der Waals surface area contributed by atoms with Gasteiger partial charge in [0.2, 0.25) is 5.91 Å². The van der Waals surface area contributed by atoms with E-state index < -0.39 is 0 Å². The standard InChI is InChI=1S/C20H22N4O2S/c1-13-9-14(2)19(15(3)10-13)22-18(25)11-27-20-23-21-12-24(20)16-5-7-17(26-4)8-6-16/h5-10,12H,11H2,1-4H3,(H,22,25). The number of carbonyl (C=O) groups is 1. The van der Waals surface area contributed by atoms with Gasteiger partial charge in [-0.3, -0.25) is 9.36 Å². The van der Waals surface area contributed by atoms with Gasteiger partial charge in [-0.1, -0.05) is 29.5 Å². The number of amides is 1. The van der Waals surface area contributed by atoms with Crippen molar-refractivity contribution in [3.63, 3.8) is 0 Å². The summed E-state index contributed by atoms with van der Waals surface area (Å²) < 4.78 is 7.03. The average Bonchev–Trinajstić information content (AvgIpc) is 3.11. The summed E-state index contributed by atoms with van der Waals surface area (Å²) in [5.41, 5.74) is 5.10. The maximum atomic E-state index is 12.4. The van der Waals surface area contributed by atoms with E-state index in [0.29, 0.717) is 5.16 Å². The molecule has 0 spiro atoms. The summed E-state index contributed by atoms with van der Waals surface area (Å²) in [7, 11) is 1.63. The lowest BCUT2D eigenvalue weighted by atomic mass is 10.1. The predicted molar refractivity (Wildman–Crippen MR) is 108 cm³/mol. The Kier molecular flexibility index (Phi) is 5.81. The van der Waals surface area contributed by atoms with Gasteiger partial charge in [-0.15, -0.1) is 10.2 Å². The molecule has 0 bridgehead atoms. The highest BCUT2D eigenvalue weighted by molar-refractivity contribution is 7.99. The van der Waals surface area contributed by atoms with Crippen LogP contribution < -0.4 is 10.1 Å². The van der Waals surface area contributed by atoms with Crippen LogP contribution in [-0.4, -0.2) is 33.5 Å². The molecule has 0 unspecified atom stereocenters.